The Balaban J connectivity index is 1.69. The lowest BCUT2D eigenvalue weighted by Crippen LogP contribution is -2.44. The number of hydrogen-bond acceptors (Lipinski definition) is 2. The first-order chi connectivity index (χ1) is 12.5. The van der Waals surface area contributed by atoms with Gasteiger partial charge in [-0.05, 0) is 43.2 Å². The van der Waals surface area contributed by atoms with Gasteiger partial charge in [0.05, 0.1) is 17.2 Å². The van der Waals surface area contributed by atoms with Gasteiger partial charge in [-0.15, -0.1) is 0 Å². The summed E-state index contributed by atoms with van der Waals surface area (Å²) in [5.74, 6) is -2.53. The zero-order chi connectivity index (χ0) is 18.7. The quantitative estimate of drug-likeness (QED) is 0.873. The molecule has 0 bridgehead atoms. The number of carbonyl (C=O) groups excluding carboxylic acids is 2. The Hall–Kier alpha value is -2.47. The fraction of sp³-hybridized carbons (Fsp3) is 0.263. The molecule has 3 rings (SSSR count). The van der Waals surface area contributed by atoms with Crippen LogP contribution in [0.25, 0.3) is 0 Å². The van der Waals surface area contributed by atoms with Crippen molar-refractivity contribution in [1.29, 1.82) is 0 Å². The van der Waals surface area contributed by atoms with Crippen molar-refractivity contribution in [3.8, 4) is 0 Å². The molecule has 1 aliphatic heterocycles. The molecule has 1 atom stereocenters. The van der Waals surface area contributed by atoms with E-state index in [0.29, 0.717) is 19.4 Å². The minimum Gasteiger partial charge on any atom is -0.338 e. The number of halogens is 3. The van der Waals surface area contributed by atoms with Crippen LogP contribution in [-0.2, 0) is 4.79 Å². The van der Waals surface area contributed by atoms with Gasteiger partial charge < -0.3 is 10.2 Å². The molecule has 2 aromatic rings. The number of hydrogen-bond donors (Lipinski definition) is 1. The second-order valence-electron chi connectivity index (χ2n) is 6.18. The number of likely N-dealkylation sites (tertiary alicyclic amines) is 1. The van der Waals surface area contributed by atoms with Crippen LogP contribution in [0.2, 0.25) is 5.02 Å². The van der Waals surface area contributed by atoms with Crippen LogP contribution < -0.4 is 5.32 Å². The summed E-state index contributed by atoms with van der Waals surface area (Å²) in [5.41, 5.74) is 0.0225. The van der Waals surface area contributed by atoms with E-state index in [1.165, 1.54) is 35.2 Å². The number of benzene rings is 2. The van der Waals surface area contributed by atoms with Gasteiger partial charge in [-0.2, -0.15) is 0 Å². The summed E-state index contributed by atoms with van der Waals surface area (Å²) in [6.45, 7) is 0.612. The minimum absolute atomic E-state index is 0.0164. The number of nitrogens with zero attached hydrogens (tertiary/aromatic N) is 1. The maximum Gasteiger partial charge on any atom is 0.256 e. The predicted octanol–water partition coefficient (Wildman–Crippen LogP) is 4.11. The fourth-order valence-corrected chi connectivity index (χ4v) is 3.17. The number of carbonyl (C=O) groups is 2. The number of nitrogens with one attached hydrogen (secondary N) is 1. The molecule has 4 nitrogen and oxygen atoms in total. The molecule has 7 heteroatoms. The van der Waals surface area contributed by atoms with E-state index in [0.717, 1.165) is 6.07 Å². The lowest BCUT2D eigenvalue weighted by atomic mass is 9.96. The van der Waals surface area contributed by atoms with E-state index in [1.54, 1.807) is 6.07 Å². The van der Waals surface area contributed by atoms with E-state index < -0.39 is 23.5 Å². The Labute approximate surface area is 154 Å². The van der Waals surface area contributed by atoms with Crippen LogP contribution in [0.1, 0.15) is 23.2 Å². The first kappa shape index (κ1) is 18.3. The average Bonchev–Trinajstić information content (AvgIpc) is 2.64. The van der Waals surface area contributed by atoms with Crippen molar-refractivity contribution in [2.75, 3.05) is 18.4 Å². The molecule has 1 heterocycles. The third-order valence-electron chi connectivity index (χ3n) is 4.37. The summed E-state index contributed by atoms with van der Waals surface area (Å²) in [6.07, 6.45) is 1.18. The highest BCUT2D eigenvalue weighted by Crippen LogP contribution is 2.23. The topological polar surface area (TPSA) is 49.4 Å². The molecule has 2 amide bonds. The van der Waals surface area contributed by atoms with Crippen LogP contribution in [0.5, 0.6) is 0 Å². The smallest absolute Gasteiger partial charge is 0.256 e. The largest absolute Gasteiger partial charge is 0.338 e. The third kappa shape index (κ3) is 4.02. The Bertz CT molecular complexity index is 844. The summed E-state index contributed by atoms with van der Waals surface area (Å²) in [7, 11) is 0. The molecular formula is C19H17ClF2N2O2. The van der Waals surface area contributed by atoms with Gasteiger partial charge >= 0.3 is 0 Å². The average molecular weight is 379 g/mol. The lowest BCUT2D eigenvalue weighted by molar-refractivity contribution is -0.121. The molecule has 0 saturated carbocycles. The molecule has 26 heavy (non-hydrogen) atoms. The van der Waals surface area contributed by atoms with Gasteiger partial charge in [0.2, 0.25) is 5.91 Å². The summed E-state index contributed by atoms with van der Waals surface area (Å²) in [6, 6.07) is 9.74. The molecule has 0 unspecified atom stereocenters. The van der Waals surface area contributed by atoms with E-state index in [9.17, 15) is 18.4 Å². The molecule has 1 saturated heterocycles. The Kier molecular flexibility index (Phi) is 5.52. The van der Waals surface area contributed by atoms with Gasteiger partial charge in [-0.1, -0.05) is 23.7 Å². The van der Waals surface area contributed by atoms with Crippen molar-refractivity contribution in [2.45, 2.75) is 12.8 Å². The number of piperidine rings is 1. The maximum absolute atomic E-state index is 13.8. The highest BCUT2D eigenvalue weighted by atomic mass is 35.5. The Morgan fingerprint density at radius 3 is 2.62 bits per heavy atom. The summed E-state index contributed by atoms with van der Waals surface area (Å²) < 4.78 is 27.7. The van der Waals surface area contributed by atoms with E-state index in [2.05, 4.69) is 5.32 Å². The summed E-state index contributed by atoms with van der Waals surface area (Å²) in [5, 5.41) is 2.77. The minimum atomic E-state index is -0.624. The van der Waals surface area contributed by atoms with Gasteiger partial charge in [0.25, 0.3) is 5.91 Å². The zero-order valence-electron chi connectivity index (χ0n) is 13.8. The number of anilines is 1. The molecule has 0 aromatic heterocycles. The molecule has 0 aliphatic carbocycles. The van der Waals surface area contributed by atoms with Crippen LogP contribution in [-0.4, -0.2) is 29.8 Å². The fourth-order valence-electron chi connectivity index (χ4n) is 3.01. The van der Waals surface area contributed by atoms with Crippen LogP contribution in [0, 0.1) is 17.6 Å². The van der Waals surface area contributed by atoms with Crippen molar-refractivity contribution in [3.05, 3.63) is 64.7 Å². The SMILES string of the molecule is O=C(Nc1ccc(Cl)cc1F)[C@@H]1CCCN(C(=O)c2ccccc2F)C1. The second-order valence-corrected chi connectivity index (χ2v) is 6.62. The summed E-state index contributed by atoms with van der Waals surface area (Å²) in [4.78, 5) is 26.4. The van der Waals surface area contributed by atoms with Crippen molar-refractivity contribution in [3.63, 3.8) is 0 Å². The van der Waals surface area contributed by atoms with Crippen molar-refractivity contribution in [1.82, 2.24) is 4.90 Å². The first-order valence-corrected chi connectivity index (χ1v) is 8.63. The predicted molar refractivity (Wildman–Crippen MR) is 95.1 cm³/mol. The second kappa shape index (κ2) is 7.83. The van der Waals surface area contributed by atoms with Crippen LogP contribution >= 0.6 is 11.6 Å². The van der Waals surface area contributed by atoms with Gasteiger partial charge in [0.1, 0.15) is 11.6 Å². The van der Waals surface area contributed by atoms with E-state index in [-0.39, 0.29) is 28.7 Å². The van der Waals surface area contributed by atoms with Crippen molar-refractivity contribution < 1.29 is 18.4 Å². The highest BCUT2D eigenvalue weighted by molar-refractivity contribution is 6.30. The number of rotatable bonds is 3. The van der Waals surface area contributed by atoms with E-state index in [4.69, 9.17) is 11.6 Å². The van der Waals surface area contributed by atoms with E-state index >= 15 is 0 Å². The van der Waals surface area contributed by atoms with Crippen LogP contribution in [0.4, 0.5) is 14.5 Å². The summed E-state index contributed by atoms with van der Waals surface area (Å²) >= 11 is 5.70. The molecule has 2 aromatic carbocycles. The normalized spacial score (nSPS) is 17.0. The zero-order valence-corrected chi connectivity index (χ0v) is 14.6. The third-order valence-corrected chi connectivity index (χ3v) is 4.61. The maximum atomic E-state index is 13.8. The monoisotopic (exact) mass is 378 g/mol. The highest BCUT2D eigenvalue weighted by Gasteiger charge is 2.30. The van der Waals surface area contributed by atoms with Crippen LogP contribution in [0.3, 0.4) is 0 Å². The molecule has 0 radical (unpaired) electrons. The van der Waals surface area contributed by atoms with Crippen molar-refractivity contribution in [2.24, 2.45) is 5.92 Å². The molecule has 1 fully saturated rings. The van der Waals surface area contributed by atoms with Gasteiger partial charge in [0, 0.05) is 18.1 Å². The molecular weight excluding hydrogens is 362 g/mol. The first-order valence-electron chi connectivity index (χ1n) is 8.25. The van der Waals surface area contributed by atoms with Crippen molar-refractivity contribution >= 4 is 29.1 Å². The van der Waals surface area contributed by atoms with E-state index in [1.807, 2.05) is 0 Å². The van der Waals surface area contributed by atoms with Gasteiger partial charge in [0.15, 0.2) is 0 Å². The molecule has 136 valence electrons. The standard InChI is InChI=1S/C19H17ClF2N2O2/c20-13-7-8-17(16(22)10-13)23-18(25)12-4-3-9-24(11-12)19(26)14-5-1-2-6-15(14)21/h1-2,5-8,10,12H,3-4,9,11H2,(H,23,25)/t12-/m1/s1. The molecule has 1 N–H and O–H groups in total. The Morgan fingerprint density at radius 2 is 1.88 bits per heavy atom. The van der Waals surface area contributed by atoms with Crippen LogP contribution in [0.15, 0.2) is 42.5 Å². The molecule has 0 spiro atoms. The van der Waals surface area contributed by atoms with Gasteiger partial charge in [-0.3, -0.25) is 9.59 Å². The number of amides is 2. The van der Waals surface area contributed by atoms with Gasteiger partial charge in [-0.25, -0.2) is 8.78 Å². The molecule has 1 aliphatic rings. The lowest BCUT2D eigenvalue weighted by Gasteiger charge is -2.32. The Morgan fingerprint density at radius 1 is 1.12 bits per heavy atom.